The highest BCUT2D eigenvalue weighted by molar-refractivity contribution is 5.99. The summed E-state index contributed by atoms with van der Waals surface area (Å²) < 4.78 is 20.0. The maximum absolute atomic E-state index is 13.9. The van der Waals surface area contributed by atoms with Crippen LogP contribution in [0.3, 0.4) is 0 Å². The standard InChI is InChI=1S/C24H17FN4O2/c25-20-7-3-1-5-16(20)9-10-22(30)29-24(19-15-27-21-8-4-2-6-18(19)21)31-23(28-29)17-11-13-26-14-12-17/h1-15,24,27H/b10-9-. The average Bonchev–Trinajstić information content (AvgIpc) is 3.43. The van der Waals surface area contributed by atoms with E-state index in [4.69, 9.17) is 4.74 Å². The molecule has 152 valence electrons. The number of para-hydroxylation sites is 1. The van der Waals surface area contributed by atoms with E-state index in [-0.39, 0.29) is 0 Å². The third-order valence-electron chi connectivity index (χ3n) is 5.00. The van der Waals surface area contributed by atoms with Gasteiger partial charge in [0.25, 0.3) is 5.91 Å². The monoisotopic (exact) mass is 412 g/mol. The fourth-order valence-electron chi connectivity index (χ4n) is 3.46. The Labute approximate surface area is 177 Å². The molecule has 1 aliphatic heterocycles. The zero-order valence-electron chi connectivity index (χ0n) is 16.3. The van der Waals surface area contributed by atoms with Crippen molar-refractivity contribution in [3.8, 4) is 0 Å². The van der Waals surface area contributed by atoms with Gasteiger partial charge in [0.2, 0.25) is 12.1 Å². The van der Waals surface area contributed by atoms with Crippen LogP contribution < -0.4 is 0 Å². The first-order valence-corrected chi connectivity index (χ1v) is 9.68. The second kappa shape index (κ2) is 7.87. The number of fused-ring (bicyclic) bond motifs is 1. The summed E-state index contributed by atoms with van der Waals surface area (Å²) in [6.45, 7) is 0. The number of pyridine rings is 1. The summed E-state index contributed by atoms with van der Waals surface area (Å²) in [7, 11) is 0. The van der Waals surface area contributed by atoms with Crippen molar-refractivity contribution in [1.82, 2.24) is 15.0 Å². The van der Waals surface area contributed by atoms with Crippen molar-refractivity contribution in [2.45, 2.75) is 6.23 Å². The van der Waals surface area contributed by atoms with Crippen LogP contribution in [0.25, 0.3) is 17.0 Å². The van der Waals surface area contributed by atoms with Gasteiger partial charge in [-0.15, -0.1) is 5.10 Å². The van der Waals surface area contributed by atoms with Crippen molar-refractivity contribution < 1.29 is 13.9 Å². The molecule has 1 atom stereocenters. The van der Waals surface area contributed by atoms with Gasteiger partial charge in [-0.25, -0.2) is 4.39 Å². The molecule has 0 fully saturated rings. The fraction of sp³-hybridized carbons (Fsp3) is 0.0417. The number of halogens is 1. The lowest BCUT2D eigenvalue weighted by Crippen LogP contribution is -2.26. The van der Waals surface area contributed by atoms with Crippen molar-refractivity contribution in [3.05, 3.63) is 108 Å². The first-order chi connectivity index (χ1) is 15.2. The Hall–Kier alpha value is -4.26. The van der Waals surface area contributed by atoms with Gasteiger partial charge in [-0.2, -0.15) is 5.01 Å². The van der Waals surface area contributed by atoms with Crippen LogP contribution >= 0.6 is 0 Å². The number of hydrazone groups is 1. The smallest absolute Gasteiger partial charge is 0.270 e. The lowest BCUT2D eigenvalue weighted by Gasteiger charge is -2.18. The van der Waals surface area contributed by atoms with E-state index in [0.29, 0.717) is 17.0 Å². The van der Waals surface area contributed by atoms with Crippen LogP contribution in [0.4, 0.5) is 4.39 Å². The highest BCUT2D eigenvalue weighted by Gasteiger charge is 2.35. The fourth-order valence-corrected chi connectivity index (χ4v) is 3.46. The normalized spacial score (nSPS) is 16.0. The lowest BCUT2D eigenvalue weighted by atomic mass is 10.1. The second-order valence-electron chi connectivity index (χ2n) is 6.94. The average molecular weight is 412 g/mol. The Bertz CT molecular complexity index is 1310. The lowest BCUT2D eigenvalue weighted by molar-refractivity contribution is -0.132. The Morgan fingerprint density at radius 1 is 1.06 bits per heavy atom. The molecule has 1 unspecified atom stereocenters. The molecule has 0 radical (unpaired) electrons. The molecular formula is C24H17FN4O2. The molecule has 3 heterocycles. The number of amides is 1. The molecule has 1 aliphatic rings. The number of nitrogens with zero attached hydrogens (tertiary/aromatic N) is 3. The van der Waals surface area contributed by atoms with E-state index in [1.54, 1.807) is 48.9 Å². The summed E-state index contributed by atoms with van der Waals surface area (Å²) in [4.78, 5) is 20.3. The van der Waals surface area contributed by atoms with Crippen molar-refractivity contribution in [1.29, 1.82) is 0 Å². The molecule has 1 amide bonds. The van der Waals surface area contributed by atoms with Crippen LogP contribution in [0.5, 0.6) is 0 Å². The topological polar surface area (TPSA) is 70.6 Å². The van der Waals surface area contributed by atoms with Crippen LogP contribution in [0, 0.1) is 5.82 Å². The summed E-state index contributed by atoms with van der Waals surface area (Å²) in [5.41, 5.74) is 2.72. The molecule has 2 aromatic carbocycles. The molecule has 5 rings (SSSR count). The maximum atomic E-state index is 13.9. The van der Waals surface area contributed by atoms with Crippen LogP contribution in [0.15, 0.2) is 90.4 Å². The molecule has 2 aromatic heterocycles. The van der Waals surface area contributed by atoms with Crippen molar-refractivity contribution in [2.24, 2.45) is 5.10 Å². The molecule has 1 N–H and O–H groups in total. The van der Waals surface area contributed by atoms with E-state index in [9.17, 15) is 9.18 Å². The molecule has 7 heteroatoms. The molecule has 0 saturated heterocycles. The Balaban J connectivity index is 1.52. The Morgan fingerprint density at radius 2 is 1.84 bits per heavy atom. The van der Waals surface area contributed by atoms with Gasteiger partial charge in [0.15, 0.2) is 0 Å². The number of aromatic amines is 1. The zero-order valence-corrected chi connectivity index (χ0v) is 16.3. The van der Waals surface area contributed by atoms with E-state index in [1.165, 1.54) is 23.2 Å². The van der Waals surface area contributed by atoms with E-state index in [0.717, 1.165) is 16.5 Å². The number of ether oxygens (including phenoxy) is 1. The van der Waals surface area contributed by atoms with Gasteiger partial charge in [-0.3, -0.25) is 9.78 Å². The minimum atomic E-state index is -0.767. The van der Waals surface area contributed by atoms with Gasteiger partial charge in [0, 0.05) is 52.3 Å². The van der Waals surface area contributed by atoms with Crippen LogP contribution in [0.2, 0.25) is 0 Å². The third-order valence-corrected chi connectivity index (χ3v) is 5.00. The highest BCUT2D eigenvalue weighted by Crippen LogP contribution is 2.34. The minimum Gasteiger partial charge on any atom is -0.446 e. The number of carbonyl (C=O) groups excluding carboxylic acids is 1. The van der Waals surface area contributed by atoms with E-state index >= 15 is 0 Å². The first kappa shape index (κ1) is 18.7. The zero-order chi connectivity index (χ0) is 21.2. The Kier molecular flexibility index (Phi) is 4.76. The van der Waals surface area contributed by atoms with Crippen LogP contribution in [0.1, 0.15) is 22.9 Å². The largest absolute Gasteiger partial charge is 0.446 e. The molecule has 4 aromatic rings. The summed E-state index contributed by atoms with van der Waals surface area (Å²) in [6, 6.07) is 17.5. The number of aromatic nitrogens is 2. The number of H-pyrrole nitrogens is 1. The SMILES string of the molecule is O=C(/C=C\c1ccccc1F)N1N=C(c2ccncc2)OC1c1c[nH]c2ccccc12. The molecule has 0 bridgehead atoms. The summed E-state index contributed by atoms with van der Waals surface area (Å²) in [6.07, 6.45) is 7.03. The van der Waals surface area contributed by atoms with Gasteiger partial charge in [0.1, 0.15) is 5.82 Å². The molecule has 0 saturated carbocycles. The van der Waals surface area contributed by atoms with Crippen molar-refractivity contribution in [3.63, 3.8) is 0 Å². The van der Waals surface area contributed by atoms with Gasteiger partial charge in [-0.05, 0) is 30.3 Å². The van der Waals surface area contributed by atoms with Gasteiger partial charge in [-0.1, -0.05) is 36.4 Å². The first-order valence-electron chi connectivity index (χ1n) is 9.68. The summed E-state index contributed by atoms with van der Waals surface area (Å²) in [5, 5.41) is 6.62. The number of carbonyl (C=O) groups is 1. The minimum absolute atomic E-state index is 0.310. The van der Waals surface area contributed by atoms with E-state index < -0.39 is 18.0 Å². The summed E-state index contributed by atoms with van der Waals surface area (Å²) in [5.74, 6) is -0.522. The molecule has 0 aliphatic carbocycles. The quantitative estimate of drug-likeness (QED) is 0.497. The predicted octanol–water partition coefficient (Wildman–Crippen LogP) is 4.63. The number of benzene rings is 2. The number of hydrogen-bond acceptors (Lipinski definition) is 4. The van der Waals surface area contributed by atoms with Crippen molar-refractivity contribution >= 4 is 28.8 Å². The molecular weight excluding hydrogens is 395 g/mol. The number of nitrogens with one attached hydrogen (secondary N) is 1. The van der Waals surface area contributed by atoms with E-state index in [2.05, 4.69) is 15.1 Å². The maximum Gasteiger partial charge on any atom is 0.270 e. The highest BCUT2D eigenvalue weighted by atomic mass is 19.1. The second-order valence-corrected chi connectivity index (χ2v) is 6.94. The van der Waals surface area contributed by atoms with Gasteiger partial charge < -0.3 is 9.72 Å². The Morgan fingerprint density at radius 3 is 2.68 bits per heavy atom. The molecule has 6 nitrogen and oxygen atoms in total. The third kappa shape index (κ3) is 3.57. The molecule has 31 heavy (non-hydrogen) atoms. The van der Waals surface area contributed by atoms with Gasteiger partial charge >= 0.3 is 0 Å². The molecule has 0 spiro atoms. The van der Waals surface area contributed by atoms with E-state index in [1.807, 2.05) is 24.3 Å². The predicted molar refractivity (Wildman–Crippen MR) is 115 cm³/mol. The van der Waals surface area contributed by atoms with Gasteiger partial charge in [0.05, 0.1) is 0 Å². The number of rotatable bonds is 4. The van der Waals surface area contributed by atoms with Crippen LogP contribution in [-0.2, 0) is 9.53 Å². The summed E-state index contributed by atoms with van der Waals surface area (Å²) >= 11 is 0. The van der Waals surface area contributed by atoms with Crippen LogP contribution in [-0.4, -0.2) is 26.8 Å². The number of hydrogen-bond donors (Lipinski definition) is 1. The van der Waals surface area contributed by atoms with Crippen molar-refractivity contribution in [2.75, 3.05) is 0 Å².